The molecule has 0 aliphatic carbocycles. The average molecular weight is 580 g/mol. The molecule has 1 atom stereocenters. The van der Waals surface area contributed by atoms with Crippen LogP contribution in [0.5, 0.6) is 0 Å². The number of carbonyl (C=O) groups excluding carboxylic acids is 1. The summed E-state index contributed by atoms with van der Waals surface area (Å²) in [6, 6.07) is 14.4. The molecule has 42 heavy (non-hydrogen) atoms. The summed E-state index contributed by atoms with van der Waals surface area (Å²) in [6.07, 6.45) is -1.15. The minimum atomic E-state index is -4.66. The second-order valence-corrected chi connectivity index (χ2v) is 10.9. The highest BCUT2D eigenvalue weighted by Crippen LogP contribution is 2.40. The lowest BCUT2D eigenvalue weighted by Gasteiger charge is -2.45. The van der Waals surface area contributed by atoms with Gasteiger partial charge in [-0.05, 0) is 72.5 Å². The molecule has 220 valence electrons. The van der Waals surface area contributed by atoms with Gasteiger partial charge < -0.3 is 25.9 Å². The number of aromatic nitrogens is 1. The molecule has 0 radical (unpaired) electrons. The van der Waals surface area contributed by atoms with Crippen LogP contribution in [0.25, 0.3) is 28.2 Å². The molecule has 1 saturated heterocycles. The third-order valence-electron chi connectivity index (χ3n) is 7.35. The summed E-state index contributed by atoms with van der Waals surface area (Å²) in [5, 5.41) is 17.2. The third kappa shape index (κ3) is 6.48. The number of nitrogens with zero attached hydrogens (tertiary/aromatic N) is 2. The number of rotatable bonds is 7. The minimum Gasteiger partial charge on any atom is -0.459 e. The van der Waals surface area contributed by atoms with E-state index in [1.807, 2.05) is 18.7 Å². The van der Waals surface area contributed by atoms with Crippen molar-refractivity contribution in [3.05, 3.63) is 89.3 Å². The topological polar surface area (TPSA) is 117 Å². The number of carbonyl (C=O) groups is 1. The Morgan fingerprint density at radius 1 is 1.19 bits per heavy atom. The zero-order chi connectivity index (χ0) is 30.1. The van der Waals surface area contributed by atoms with E-state index < -0.39 is 23.9 Å². The number of aliphatic hydroxyl groups excluding tert-OH is 1. The first-order valence-corrected chi connectivity index (χ1v) is 13.5. The summed E-state index contributed by atoms with van der Waals surface area (Å²) in [6.45, 7) is 6.15. The lowest BCUT2D eigenvalue weighted by atomic mass is 9.96. The van der Waals surface area contributed by atoms with Gasteiger partial charge in [-0.2, -0.15) is 13.2 Å². The molecule has 4 aromatic rings. The summed E-state index contributed by atoms with van der Waals surface area (Å²) in [4.78, 5) is 18.2. The molecule has 0 bridgehead atoms. The molecule has 1 aliphatic heterocycles. The van der Waals surface area contributed by atoms with Gasteiger partial charge in [0.25, 0.3) is 0 Å². The number of nitrogens with two attached hydrogens (primary N) is 1. The molecular weight excluding hydrogens is 547 g/mol. The Morgan fingerprint density at radius 2 is 1.95 bits per heavy atom. The van der Waals surface area contributed by atoms with Gasteiger partial charge in [-0.1, -0.05) is 24.3 Å². The van der Waals surface area contributed by atoms with Gasteiger partial charge in [-0.25, -0.2) is 4.98 Å². The van der Waals surface area contributed by atoms with Crippen LogP contribution in [-0.2, 0) is 17.5 Å². The average Bonchev–Trinajstić information content (AvgIpc) is 3.37. The molecular formula is C31H32F3N5O3. The molecule has 1 aliphatic rings. The van der Waals surface area contributed by atoms with Crippen molar-refractivity contribution in [1.82, 2.24) is 20.5 Å². The number of anilines is 1. The van der Waals surface area contributed by atoms with Gasteiger partial charge in [0, 0.05) is 42.8 Å². The van der Waals surface area contributed by atoms with Crippen molar-refractivity contribution in [1.29, 1.82) is 0 Å². The van der Waals surface area contributed by atoms with Crippen LogP contribution in [0.3, 0.4) is 0 Å². The maximum Gasteiger partial charge on any atom is 0.420 e. The molecule has 5 rings (SSSR count). The highest BCUT2D eigenvalue weighted by Gasteiger charge is 2.36. The molecule has 0 saturated carbocycles. The molecule has 1 amide bonds. The van der Waals surface area contributed by atoms with Gasteiger partial charge in [0.1, 0.15) is 23.4 Å². The Morgan fingerprint density at radius 3 is 2.62 bits per heavy atom. The number of hydrogen-bond acceptors (Lipinski definition) is 7. The Labute approximate surface area is 241 Å². The summed E-state index contributed by atoms with van der Waals surface area (Å²) >= 11 is 0. The van der Waals surface area contributed by atoms with E-state index in [9.17, 15) is 23.1 Å². The van der Waals surface area contributed by atoms with Gasteiger partial charge >= 0.3 is 6.18 Å². The van der Waals surface area contributed by atoms with Crippen molar-refractivity contribution in [3.63, 3.8) is 0 Å². The molecule has 11 heteroatoms. The van der Waals surface area contributed by atoms with Crippen molar-refractivity contribution < 1.29 is 27.5 Å². The Hall–Kier alpha value is -4.19. The van der Waals surface area contributed by atoms with E-state index >= 15 is 0 Å². The standard InChI is InChI=1S/C31H32F3N5O3/c1-30(2)18-36-11-12-39(30)29(41)21-7-5-20(6-8-21)22-13-23-14-24(42-28(23)25(15-22)31(32,33)34)17-38-27(40)10-4-19-3-9-26(35)37-16-19/h3-10,13-16,29,36,41H,11-12,17-18H2,1-2H3,(H2,35,37)(H,38,40)/b10-4+. The van der Waals surface area contributed by atoms with Gasteiger partial charge in [-0.15, -0.1) is 0 Å². The van der Waals surface area contributed by atoms with Crippen molar-refractivity contribution in [2.24, 2.45) is 0 Å². The number of halogens is 3. The van der Waals surface area contributed by atoms with Crippen LogP contribution >= 0.6 is 0 Å². The molecule has 1 fully saturated rings. The number of hydrogen-bond donors (Lipinski definition) is 4. The molecule has 3 heterocycles. The monoisotopic (exact) mass is 579 g/mol. The largest absolute Gasteiger partial charge is 0.459 e. The van der Waals surface area contributed by atoms with Crippen LogP contribution in [0.4, 0.5) is 19.0 Å². The van der Waals surface area contributed by atoms with Gasteiger partial charge in [0.05, 0.1) is 12.1 Å². The number of fused-ring (bicyclic) bond motifs is 1. The van der Waals surface area contributed by atoms with E-state index in [2.05, 4.69) is 15.6 Å². The molecule has 2 aromatic heterocycles. The smallest absolute Gasteiger partial charge is 0.420 e. The fraction of sp³-hybridized carbons (Fsp3) is 0.290. The SMILES string of the molecule is CC1(C)CNCCN1C(O)c1ccc(-c2cc(C(F)(F)F)c3oc(CNC(=O)/C=C/c4ccc(N)nc4)cc3c2)cc1. The van der Waals surface area contributed by atoms with Crippen LogP contribution < -0.4 is 16.4 Å². The highest BCUT2D eigenvalue weighted by molar-refractivity contribution is 5.92. The first-order chi connectivity index (χ1) is 19.9. The van der Waals surface area contributed by atoms with E-state index in [4.69, 9.17) is 10.2 Å². The molecule has 5 N–H and O–H groups in total. The highest BCUT2D eigenvalue weighted by atomic mass is 19.4. The van der Waals surface area contributed by atoms with Crippen molar-refractivity contribution >= 4 is 28.8 Å². The lowest BCUT2D eigenvalue weighted by molar-refractivity contribution is -0.136. The quantitative estimate of drug-likeness (QED) is 0.225. The number of alkyl halides is 3. The summed E-state index contributed by atoms with van der Waals surface area (Å²) < 4.78 is 47.8. The first kappa shape index (κ1) is 29.3. The third-order valence-corrected chi connectivity index (χ3v) is 7.35. The van der Waals surface area contributed by atoms with Crippen molar-refractivity contribution in [3.8, 4) is 11.1 Å². The lowest BCUT2D eigenvalue weighted by Crippen LogP contribution is -2.58. The number of piperazine rings is 1. The van der Waals surface area contributed by atoms with Gasteiger partial charge in [-0.3, -0.25) is 9.69 Å². The Bertz CT molecular complexity index is 1600. The Balaban J connectivity index is 1.35. The van der Waals surface area contributed by atoms with Crippen molar-refractivity contribution in [2.75, 3.05) is 25.4 Å². The van der Waals surface area contributed by atoms with E-state index in [0.29, 0.717) is 34.6 Å². The summed E-state index contributed by atoms with van der Waals surface area (Å²) in [5.41, 5.74) is 6.34. The van der Waals surface area contributed by atoms with E-state index in [-0.39, 0.29) is 28.8 Å². The van der Waals surface area contributed by atoms with Crippen LogP contribution in [0, 0.1) is 0 Å². The predicted molar refractivity (Wildman–Crippen MR) is 155 cm³/mol. The molecule has 2 aromatic carbocycles. The maximum atomic E-state index is 14.1. The van der Waals surface area contributed by atoms with Crippen LogP contribution in [-0.4, -0.2) is 46.1 Å². The number of pyridine rings is 1. The summed E-state index contributed by atoms with van der Waals surface area (Å²) in [5.74, 6) is 0.0878. The van der Waals surface area contributed by atoms with Gasteiger partial charge in [0.15, 0.2) is 0 Å². The van der Waals surface area contributed by atoms with Gasteiger partial charge in [0.2, 0.25) is 5.91 Å². The zero-order valence-corrected chi connectivity index (χ0v) is 23.2. The van der Waals surface area contributed by atoms with E-state index in [0.717, 1.165) is 19.2 Å². The normalized spacial score (nSPS) is 16.6. The Kier molecular flexibility index (Phi) is 8.09. The summed E-state index contributed by atoms with van der Waals surface area (Å²) in [7, 11) is 0. The fourth-order valence-corrected chi connectivity index (χ4v) is 5.07. The molecule has 1 unspecified atom stereocenters. The fourth-order valence-electron chi connectivity index (χ4n) is 5.07. The van der Waals surface area contributed by atoms with Crippen LogP contribution in [0.2, 0.25) is 0 Å². The van der Waals surface area contributed by atoms with E-state index in [1.54, 1.807) is 48.5 Å². The minimum absolute atomic E-state index is 0.0978. The predicted octanol–water partition coefficient (Wildman–Crippen LogP) is 5.10. The maximum absolute atomic E-state index is 14.1. The number of nitrogens with one attached hydrogen (secondary N) is 2. The first-order valence-electron chi connectivity index (χ1n) is 13.5. The van der Waals surface area contributed by atoms with Crippen LogP contribution in [0.15, 0.2) is 71.3 Å². The van der Waals surface area contributed by atoms with Crippen LogP contribution in [0.1, 0.15) is 42.5 Å². The second-order valence-electron chi connectivity index (χ2n) is 10.9. The second kappa shape index (κ2) is 11.6. The molecule has 8 nitrogen and oxygen atoms in total. The number of aliphatic hydroxyl groups is 1. The number of benzene rings is 2. The van der Waals surface area contributed by atoms with E-state index in [1.165, 1.54) is 18.3 Å². The number of amides is 1. The van der Waals surface area contributed by atoms with Crippen molar-refractivity contribution in [2.45, 2.75) is 38.3 Å². The molecule has 0 spiro atoms. The number of furan rings is 1. The zero-order valence-electron chi connectivity index (χ0n) is 23.2. The number of nitrogen functional groups attached to an aromatic ring is 1.